The number of nitrogens with zero attached hydrogens (tertiary/aromatic N) is 3. The average Bonchev–Trinajstić information content (AvgIpc) is 3.21. The van der Waals surface area contributed by atoms with Gasteiger partial charge in [-0.05, 0) is 19.4 Å². The van der Waals surface area contributed by atoms with E-state index in [9.17, 15) is 29.4 Å². The molecule has 1 saturated heterocycles. The lowest BCUT2D eigenvalue weighted by atomic mass is 10.1. The summed E-state index contributed by atoms with van der Waals surface area (Å²) in [5.74, 6) is 0.175. The van der Waals surface area contributed by atoms with Crippen LogP contribution in [-0.2, 0) is 13.8 Å². The summed E-state index contributed by atoms with van der Waals surface area (Å²) >= 11 is 0. The molecule has 2 aromatic rings. The zero-order valence-electron chi connectivity index (χ0n) is 16.5. The van der Waals surface area contributed by atoms with Crippen molar-refractivity contribution in [1.82, 2.24) is 19.5 Å². The number of phosphoric acid groups is 1. The molecule has 15 heteroatoms. The van der Waals surface area contributed by atoms with Crippen LogP contribution in [0.2, 0.25) is 0 Å². The quantitative estimate of drug-likeness (QED) is 0.173. The van der Waals surface area contributed by atoms with E-state index in [1.165, 1.54) is 4.57 Å². The number of aliphatic hydroxyl groups excluding tert-OH is 2. The van der Waals surface area contributed by atoms with Crippen molar-refractivity contribution in [3.8, 4) is 0 Å². The molecule has 14 nitrogen and oxygen atoms in total. The van der Waals surface area contributed by atoms with Gasteiger partial charge in [0.15, 0.2) is 17.4 Å². The zero-order chi connectivity index (χ0) is 22.6. The van der Waals surface area contributed by atoms with Gasteiger partial charge in [0.05, 0.1) is 20.8 Å². The maximum absolute atomic E-state index is 12.1. The Balaban J connectivity index is 1.83. The van der Waals surface area contributed by atoms with Crippen LogP contribution in [-0.4, -0.2) is 67.7 Å². The molecule has 0 aromatic carbocycles. The van der Waals surface area contributed by atoms with Crippen LogP contribution in [0.25, 0.3) is 11.2 Å². The molecule has 0 unspecified atom stereocenters. The normalized spacial score (nSPS) is 24.2. The Kier molecular flexibility index (Phi) is 7.78. The van der Waals surface area contributed by atoms with Gasteiger partial charge in [0.2, 0.25) is 5.95 Å². The van der Waals surface area contributed by atoms with Gasteiger partial charge in [0, 0.05) is 6.54 Å². The number of nitrogens with two attached hydrogens (primary N) is 1. The number of H-pyrrole nitrogens is 1. The molecule has 0 aliphatic carbocycles. The Bertz CT molecular complexity index is 977. The van der Waals surface area contributed by atoms with Gasteiger partial charge >= 0.3 is 0 Å². The van der Waals surface area contributed by atoms with Crippen molar-refractivity contribution < 1.29 is 33.8 Å². The number of anilines is 1. The van der Waals surface area contributed by atoms with E-state index >= 15 is 0 Å². The number of aromatic nitrogens is 4. The Morgan fingerprint density at radius 3 is 2.74 bits per heavy atom. The molecule has 0 radical (unpaired) electrons. The number of hydrogen-bond acceptors (Lipinski definition) is 12. The van der Waals surface area contributed by atoms with Crippen LogP contribution in [0.4, 0.5) is 5.95 Å². The summed E-state index contributed by atoms with van der Waals surface area (Å²) in [7, 11) is -5.30. The Labute approximate surface area is 176 Å². The van der Waals surface area contributed by atoms with E-state index in [0.717, 1.165) is 32.0 Å². The molecule has 1 aliphatic rings. The lowest BCUT2D eigenvalue weighted by Gasteiger charge is -2.30. The van der Waals surface area contributed by atoms with Crippen LogP contribution < -0.4 is 26.4 Å². The third-order valence-electron chi connectivity index (χ3n) is 4.89. The van der Waals surface area contributed by atoms with Crippen molar-refractivity contribution in [1.29, 1.82) is 0 Å². The minimum absolute atomic E-state index is 0.0123. The van der Waals surface area contributed by atoms with Gasteiger partial charge in [0.25, 0.3) is 5.56 Å². The van der Waals surface area contributed by atoms with Gasteiger partial charge in [-0.2, -0.15) is 0 Å². The molecule has 174 valence electrons. The van der Waals surface area contributed by atoms with E-state index in [-0.39, 0.29) is 17.1 Å². The first kappa shape index (κ1) is 23.8. The Morgan fingerprint density at radius 1 is 1.29 bits per heavy atom. The lowest BCUT2D eigenvalue weighted by molar-refractivity contribution is -0.343. The first-order valence-electron chi connectivity index (χ1n) is 9.80. The average molecular weight is 460 g/mol. The van der Waals surface area contributed by atoms with Crippen molar-refractivity contribution in [2.24, 2.45) is 5.73 Å². The molecular formula is C16H25N6O8P-2. The highest BCUT2D eigenvalue weighted by Gasteiger charge is 2.45. The Morgan fingerprint density at radius 2 is 2.03 bits per heavy atom. The molecule has 0 bridgehead atoms. The molecule has 6 N–H and O–H groups in total. The number of hydrogen-bond donors (Lipinski definition) is 5. The molecule has 4 atom stereocenters. The largest absolute Gasteiger partial charge is 0.790 e. The van der Waals surface area contributed by atoms with Gasteiger partial charge in [-0.3, -0.25) is 9.36 Å². The van der Waals surface area contributed by atoms with Gasteiger partial charge in [0.1, 0.15) is 18.3 Å². The Hall–Kier alpha value is -1.90. The molecule has 3 rings (SSSR count). The SMILES string of the molecule is NCCCCCCNc1nc2c(=O)[nH]cnc2n1[C@@H]1O[C@H](COP(=O)([O-])[O-])[C@@H](O)[C@H]1O. The maximum atomic E-state index is 12.1. The second kappa shape index (κ2) is 10.1. The number of unbranched alkanes of at least 4 members (excludes halogenated alkanes) is 3. The first-order chi connectivity index (χ1) is 14.7. The van der Waals surface area contributed by atoms with E-state index in [1.807, 2.05) is 0 Å². The number of nitrogens with one attached hydrogen (secondary N) is 2. The minimum atomic E-state index is -5.30. The fourth-order valence-corrected chi connectivity index (χ4v) is 3.68. The number of phosphoric ester groups is 1. The molecule has 3 heterocycles. The summed E-state index contributed by atoms with van der Waals surface area (Å²) in [5, 5.41) is 23.8. The van der Waals surface area contributed by atoms with E-state index in [2.05, 4.69) is 24.8 Å². The first-order valence-corrected chi connectivity index (χ1v) is 11.3. The monoisotopic (exact) mass is 460 g/mol. The summed E-state index contributed by atoms with van der Waals surface area (Å²) < 4.78 is 21.8. The fraction of sp³-hybridized carbons (Fsp3) is 0.688. The summed E-state index contributed by atoms with van der Waals surface area (Å²) in [4.78, 5) is 44.3. The molecule has 0 amide bonds. The molecular weight excluding hydrogens is 435 g/mol. The van der Waals surface area contributed by atoms with Crippen molar-refractivity contribution in [2.45, 2.75) is 50.2 Å². The van der Waals surface area contributed by atoms with E-state index in [0.29, 0.717) is 13.1 Å². The predicted molar refractivity (Wildman–Crippen MR) is 104 cm³/mol. The van der Waals surface area contributed by atoms with Gasteiger partial charge < -0.3 is 49.9 Å². The standard InChI is InChI=1S/C16H27N6O8P/c17-5-3-1-2-4-6-18-16-21-10-13(19-8-20-14(10)25)22(16)15-12(24)11(23)9(30-15)7-29-31(26,27)28/h8-9,11-12,15,23-24H,1-7,17H2,(H,18,21)(H,19,20,25)(H2,26,27,28)/p-2/t9-,11-,12-,15-/m1/s1. The number of fused-ring (bicyclic) bond motifs is 1. The third-order valence-corrected chi connectivity index (χ3v) is 5.35. The number of imidazole rings is 1. The zero-order valence-corrected chi connectivity index (χ0v) is 17.4. The van der Waals surface area contributed by atoms with Crippen molar-refractivity contribution >= 4 is 24.9 Å². The lowest BCUT2D eigenvalue weighted by Crippen LogP contribution is -2.34. The van der Waals surface area contributed by atoms with Crippen molar-refractivity contribution in [3.63, 3.8) is 0 Å². The number of aromatic amines is 1. The minimum Gasteiger partial charge on any atom is -0.790 e. The van der Waals surface area contributed by atoms with Gasteiger partial charge in [-0.15, -0.1) is 0 Å². The molecule has 0 saturated carbocycles. The topological polar surface area (TPSA) is 224 Å². The van der Waals surface area contributed by atoms with Crippen LogP contribution in [0.5, 0.6) is 0 Å². The van der Waals surface area contributed by atoms with E-state index in [1.54, 1.807) is 0 Å². The summed E-state index contributed by atoms with van der Waals surface area (Å²) in [6.45, 7) is 0.346. The summed E-state index contributed by atoms with van der Waals surface area (Å²) in [6.07, 6.45) is -0.895. The second-order valence-electron chi connectivity index (χ2n) is 7.13. The number of rotatable bonds is 11. The highest BCUT2D eigenvalue weighted by atomic mass is 31.2. The molecule has 0 spiro atoms. The van der Waals surface area contributed by atoms with Crippen LogP contribution >= 0.6 is 7.82 Å². The molecule has 31 heavy (non-hydrogen) atoms. The van der Waals surface area contributed by atoms with Gasteiger partial charge in [-0.25, -0.2) is 9.97 Å². The highest BCUT2D eigenvalue weighted by Crippen LogP contribution is 2.35. The number of ether oxygens (including phenoxy) is 1. The molecule has 1 aliphatic heterocycles. The van der Waals surface area contributed by atoms with E-state index < -0.39 is 44.5 Å². The van der Waals surface area contributed by atoms with Crippen LogP contribution in [0.3, 0.4) is 0 Å². The molecule has 1 fully saturated rings. The maximum Gasteiger partial charge on any atom is 0.278 e. The summed E-state index contributed by atoms with van der Waals surface area (Å²) in [5.41, 5.74) is 5.04. The smallest absolute Gasteiger partial charge is 0.278 e. The van der Waals surface area contributed by atoms with E-state index in [4.69, 9.17) is 10.5 Å². The predicted octanol–water partition coefficient (Wildman–Crippen LogP) is -2.48. The molecule has 2 aromatic heterocycles. The number of aliphatic hydroxyl groups is 2. The van der Waals surface area contributed by atoms with Crippen molar-refractivity contribution in [2.75, 3.05) is 25.0 Å². The highest BCUT2D eigenvalue weighted by molar-refractivity contribution is 7.43. The third kappa shape index (κ3) is 5.67. The van der Waals surface area contributed by atoms with Crippen LogP contribution in [0.1, 0.15) is 31.9 Å². The second-order valence-corrected chi connectivity index (χ2v) is 8.28. The van der Waals surface area contributed by atoms with Crippen LogP contribution in [0, 0.1) is 0 Å². The van der Waals surface area contributed by atoms with Gasteiger partial charge in [-0.1, -0.05) is 12.8 Å². The fourth-order valence-electron chi connectivity index (χ4n) is 3.35. The van der Waals surface area contributed by atoms with Crippen molar-refractivity contribution in [3.05, 3.63) is 16.7 Å². The summed E-state index contributed by atoms with van der Waals surface area (Å²) in [6, 6.07) is 0. The van der Waals surface area contributed by atoms with Crippen LogP contribution in [0.15, 0.2) is 11.1 Å².